The number of benzene rings is 2. The lowest BCUT2D eigenvalue weighted by molar-refractivity contribution is -0.116. The molecule has 2 amide bonds. The Morgan fingerprint density at radius 3 is 2.66 bits per heavy atom. The van der Waals surface area contributed by atoms with Crippen LogP contribution < -0.4 is 16.4 Å². The molecule has 2 bridgehead atoms. The zero-order valence-corrected chi connectivity index (χ0v) is 23.1. The van der Waals surface area contributed by atoms with E-state index in [9.17, 15) is 18.4 Å². The molecule has 1 atom stereocenters. The van der Waals surface area contributed by atoms with Gasteiger partial charge in [0.05, 0.1) is 39.3 Å². The number of amides is 2. The van der Waals surface area contributed by atoms with Crippen molar-refractivity contribution in [2.45, 2.75) is 31.6 Å². The van der Waals surface area contributed by atoms with Crippen LogP contribution in [0.3, 0.4) is 0 Å². The molecule has 8 nitrogen and oxygen atoms in total. The minimum Gasteiger partial charge on any atom is -0.341 e. The number of aromatic amines is 1. The fraction of sp³-hybridized carbons (Fsp3) is 0.200. The Bertz CT molecular complexity index is 1570. The fourth-order valence-corrected chi connectivity index (χ4v) is 4.92. The van der Waals surface area contributed by atoms with Crippen molar-refractivity contribution in [2.24, 2.45) is 5.73 Å². The van der Waals surface area contributed by atoms with Crippen molar-refractivity contribution in [3.05, 3.63) is 89.1 Å². The predicted octanol–water partition coefficient (Wildman–Crippen LogP) is 6.50. The van der Waals surface area contributed by atoms with Crippen molar-refractivity contribution in [3.63, 3.8) is 0 Å². The molecule has 212 valence electrons. The van der Waals surface area contributed by atoms with E-state index in [2.05, 4.69) is 32.9 Å². The third-order valence-electron chi connectivity index (χ3n) is 6.68. The lowest BCUT2D eigenvalue weighted by Gasteiger charge is -2.16. The molecule has 0 aliphatic carbocycles. The van der Waals surface area contributed by atoms with E-state index in [0.717, 1.165) is 6.07 Å². The summed E-state index contributed by atoms with van der Waals surface area (Å²) in [5.74, 6) is -1.35. The molecule has 2 aromatic carbocycles. The van der Waals surface area contributed by atoms with Crippen molar-refractivity contribution >= 4 is 41.4 Å². The monoisotopic (exact) mass is 578 g/mol. The summed E-state index contributed by atoms with van der Waals surface area (Å²) in [6.07, 6.45) is 5.92. The third-order valence-corrected chi connectivity index (χ3v) is 6.97. The molecule has 0 spiro atoms. The van der Waals surface area contributed by atoms with E-state index in [1.165, 1.54) is 19.3 Å². The normalized spacial score (nSPS) is 14.8. The number of hydrogen-bond donors (Lipinski definition) is 4. The van der Waals surface area contributed by atoms with Crippen LogP contribution in [0.25, 0.3) is 28.5 Å². The SMILES string of the molecule is C=Cc1[nH]c2nc1-c1ccc(NC=O)cc1NC(=O)CCCCC2c1ccc(-c2c(F)ccc(Cl)c2F)cn1.CN. The summed E-state index contributed by atoms with van der Waals surface area (Å²) in [5.41, 5.74) is 8.12. The summed E-state index contributed by atoms with van der Waals surface area (Å²) in [7, 11) is 1.50. The van der Waals surface area contributed by atoms with Gasteiger partial charge in [0.1, 0.15) is 11.6 Å². The topological polar surface area (TPSA) is 126 Å². The van der Waals surface area contributed by atoms with Gasteiger partial charge in [0.25, 0.3) is 0 Å². The average molecular weight is 579 g/mol. The number of carbonyl (C=O) groups excluding carboxylic acids is 2. The van der Waals surface area contributed by atoms with E-state index < -0.39 is 11.6 Å². The number of fused-ring (bicyclic) bond motifs is 4. The number of halogens is 3. The fourth-order valence-electron chi connectivity index (χ4n) is 4.76. The van der Waals surface area contributed by atoms with E-state index in [1.54, 1.807) is 36.4 Å². The largest absolute Gasteiger partial charge is 0.341 e. The van der Waals surface area contributed by atoms with Gasteiger partial charge in [-0.05, 0) is 62.4 Å². The molecule has 5 rings (SSSR count). The lowest BCUT2D eigenvalue weighted by atomic mass is 9.95. The molecular weight excluding hydrogens is 550 g/mol. The Morgan fingerprint density at radius 2 is 1.95 bits per heavy atom. The molecule has 3 heterocycles. The molecule has 1 unspecified atom stereocenters. The zero-order chi connectivity index (χ0) is 29.5. The number of H-pyrrole nitrogens is 1. The first kappa shape index (κ1) is 29.6. The smallest absolute Gasteiger partial charge is 0.224 e. The summed E-state index contributed by atoms with van der Waals surface area (Å²) >= 11 is 5.87. The molecular formula is C30H29ClF2N6O2. The standard InChI is InChI=1S/C29H24ClF2N5O2.CH5N/c1-2-22-28-18-9-8-17(34-15-38)13-24(18)35-25(39)6-4-3-5-19(29(36-22)37-28)23-12-7-16(14-33-23)26-21(31)11-10-20(30)27(26)32;1-2/h2,7-15,19H,1,3-6H2,(H,34,38)(H,35,39)(H,36,37);2H2,1H3. The molecule has 1 aliphatic heterocycles. The zero-order valence-electron chi connectivity index (χ0n) is 22.3. The molecule has 0 saturated heterocycles. The molecule has 41 heavy (non-hydrogen) atoms. The number of aromatic nitrogens is 3. The van der Waals surface area contributed by atoms with Gasteiger partial charge in [0.2, 0.25) is 12.3 Å². The summed E-state index contributed by atoms with van der Waals surface area (Å²) in [6.45, 7) is 3.91. The van der Waals surface area contributed by atoms with Crippen LogP contribution in [-0.2, 0) is 9.59 Å². The average Bonchev–Trinajstić information content (AvgIpc) is 3.40. The number of rotatable bonds is 5. The predicted molar refractivity (Wildman–Crippen MR) is 157 cm³/mol. The number of carbonyl (C=O) groups is 2. The molecule has 5 N–H and O–H groups in total. The Hall–Kier alpha value is -4.41. The van der Waals surface area contributed by atoms with Crippen LogP contribution in [0.1, 0.15) is 48.8 Å². The molecule has 4 aromatic rings. The Labute approximate surface area is 241 Å². The highest BCUT2D eigenvalue weighted by molar-refractivity contribution is 6.31. The highest BCUT2D eigenvalue weighted by Gasteiger charge is 2.25. The number of nitrogens with zero attached hydrogens (tertiary/aromatic N) is 2. The Balaban J connectivity index is 0.00000189. The molecule has 2 aromatic heterocycles. The van der Waals surface area contributed by atoms with Crippen LogP contribution in [0, 0.1) is 11.6 Å². The van der Waals surface area contributed by atoms with Gasteiger partial charge < -0.3 is 21.4 Å². The van der Waals surface area contributed by atoms with Gasteiger partial charge >= 0.3 is 0 Å². The first-order chi connectivity index (χ1) is 19.9. The van der Waals surface area contributed by atoms with Gasteiger partial charge in [0, 0.05) is 29.4 Å². The number of nitrogens with two attached hydrogens (primary N) is 1. The van der Waals surface area contributed by atoms with Crippen molar-refractivity contribution in [1.29, 1.82) is 0 Å². The van der Waals surface area contributed by atoms with E-state index in [-0.39, 0.29) is 28.0 Å². The van der Waals surface area contributed by atoms with Crippen LogP contribution in [0.15, 0.2) is 55.2 Å². The molecule has 0 radical (unpaired) electrons. The van der Waals surface area contributed by atoms with E-state index in [1.807, 2.05) is 0 Å². The highest BCUT2D eigenvalue weighted by Crippen LogP contribution is 2.37. The summed E-state index contributed by atoms with van der Waals surface area (Å²) in [6, 6.07) is 10.8. The Kier molecular flexibility index (Phi) is 9.59. The van der Waals surface area contributed by atoms with Gasteiger partial charge in [-0.1, -0.05) is 30.7 Å². The molecule has 11 heteroatoms. The highest BCUT2D eigenvalue weighted by atomic mass is 35.5. The van der Waals surface area contributed by atoms with E-state index in [0.29, 0.717) is 71.9 Å². The number of nitrogens with one attached hydrogen (secondary N) is 3. The van der Waals surface area contributed by atoms with Gasteiger partial charge in [-0.2, -0.15) is 0 Å². The molecule has 0 saturated carbocycles. The van der Waals surface area contributed by atoms with Crippen molar-refractivity contribution in [2.75, 3.05) is 17.7 Å². The number of hydrogen-bond acceptors (Lipinski definition) is 5. The van der Waals surface area contributed by atoms with Crippen molar-refractivity contribution < 1.29 is 18.4 Å². The van der Waals surface area contributed by atoms with Crippen LogP contribution in [-0.4, -0.2) is 34.3 Å². The Morgan fingerprint density at radius 1 is 1.15 bits per heavy atom. The number of anilines is 2. The van der Waals surface area contributed by atoms with Gasteiger partial charge in [-0.25, -0.2) is 13.8 Å². The molecule has 0 fully saturated rings. The summed E-state index contributed by atoms with van der Waals surface area (Å²) in [5, 5.41) is 5.37. The van der Waals surface area contributed by atoms with Crippen molar-refractivity contribution in [3.8, 4) is 22.4 Å². The minimum absolute atomic E-state index is 0.152. The summed E-state index contributed by atoms with van der Waals surface area (Å²) in [4.78, 5) is 36.5. The maximum Gasteiger partial charge on any atom is 0.224 e. The number of imidazole rings is 1. The number of pyridine rings is 1. The second-order valence-corrected chi connectivity index (χ2v) is 9.55. The minimum atomic E-state index is -0.841. The second-order valence-electron chi connectivity index (χ2n) is 9.15. The van der Waals surface area contributed by atoms with Gasteiger partial charge in [0.15, 0.2) is 5.82 Å². The first-order valence-electron chi connectivity index (χ1n) is 12.9. The third kappa shape index (κ3) is 6.34. The van der Waals surface area contributed by atoms with Gasteiger partial charge in [-0.15, -0.1) is 0 Å². The van der Waals surface area contributed by atoms with Crippen LogP contribution in [0.2, 0.25) is 5.02 Å². The maximum atomic E-state index is 14.6. The quantitative estimate of drug-likeness (QED) is 0.159. The van der Waals surface area contributed by atoms with E-state index in [4.69, 9.17) is 16.6 Å². The first-order valence-corrected chi connectivity index (χ1v) is 13.3. The molecule has 1 aliphatic rings. The lowest BCUT2D eigenvalue weighted by Crippen LogP contribution is -2.13. The van der Waals surface area contributed by atoms with E-state index >= 15 is 0 Å². The summed E-state index contributed by atoms with van der Waals surface area (Å²) < 4.78 is 29.0. The van der Waals surface area contributed by atoms with Crippen LogP contribution >= 0.6 is 11.6 Å². The van der Waals surface area contributed by atoms with Crippen LogP contribution in [0.5, 0.6) is 0 Å². The van der Waals surface area contributed by atoms with Crippen LogP contribution in [0.4, 0.5) is 20.2 Å². The van der Waals surface area contributed by atoms with Crippen molar-refractivity contribution in [1.82, 2.24) is 15.0 Å². The van der Waals surface area contributed by atoms with Gasteiger partial charge in [-0.3, -0.25) is 14.6 Å². The maximum absolute atomic E-state index is 14.6. The second kappa shape index (κ2) is 13.3.